The fourth-order valence-electron chi connectivity index (χ4n) is 2.89. The van der Waals surface area contributed by atoms with Gasteiger partial charge in [-0.25, -0.2) is 0 Å². The zero-order valence-electron chi connectivity index (χ0n) is 16.7. The Labute approximate surface area is 166 Å². The van der Waals surface area contributed by atoms with Crippen molar-refractivity contribution < 1.29 is 23.6 Å². The molecule has 0 heterocycles. The molecule has 0 aromatic heterocycles. The molecule has 2 rings (SSSR count). The fourth-order valence-corrected chi connectivity index (χ4v) is 2.89. The molecule has 0 aliphatic heterocycles. The van der Waals surface area contributed by atoms with Gasteiger partial charge in [0.2, 0.25) is 0 Å². The van der Waals surface area contributed by atoms with Crippen molar-refractivity contribution in [3.05, 3.63) is 65.7 Å². The highest BCUT2D eigenvalue weighted by Crippen LogP contribution is 2.30. The van der Waals surface area contributed by atoms with Crippen LogP contribution in [-0.4, -0.2) is 19.3 Å². The van der Waals surface area contributed by atoms with Crippen molar-refractivity contribution in [3.8, 4) is 5.75 Å². The highest BCUT2D eigenvalue weighted by Gasteiger charge is 2.33. The largest absolute Gasteiger partial charge is 0.868 e. The number of hydrogen-bond donors (Lipinski definition) is 1. The monoisotopic (exact) mass is 383 g/mol. The van der Waals surface area contributed by atoms with Gasteiger partial charge in [0.25, 0.3) is 11.9 Å². The average Bonchev–Trinajstić information content (AvgIpc) is 2.66. The number of para-hydroxylation sites is 1. The summed E-state index contributed by atoms with van der Waals surface area (Å²) in [7, 11) is -1.43. The third-order valence-corrected chi connectivity index (χ3v) is 4.20. The average molecular weight is 383 g/mol. The Balaban J connectivity index is 2.21. The number of benzene rings is 2. The standard InChI is InChI=1S/C21H26BNO5/c1-5-20(23-15(2)18-11-7-6-8-12-18)19-13-9-10-14-21(19)28-22(26-16(3)24)27-17(4)25/h6-15,20,23H,5H2,1-4H3/t15-,20-/m1/s1. The maximum atomic E-state index is 11.3. The molecule has 0 unspecified atom stereocenters. The van der Waals surface area contributed by atoms with E-state index in [1.54, 1.807) is 6.07 Å². The summed E-state index contributed by atoms with van der Waals surface area (Å²) in [5, 5.41) is 3.60. The Hall–Kier alpha value is -2.80. The van der Waals surface area contributed by atoms with Crippen LogP contribution in [0.2, 0.25) is 0 Å². The summed E-state index contributed by atoms with van der Waals surface area (Å²) < 4.78 is 15.6. The SMILES string of the molecule is CC[C@@H](N[C@H](C)c1ccccc1)c1ccccc1OB(OC(C)=O)OC(C)=O. The second kappa shape index (κ2) is 10.5. The molecule has 7 heteroatoms. The van der Waals surface area contributed by atoms with Gasteiger partial charge < -0.3 is 19.3 Å². The van der Waals surface area contributed by atoms with Crippen molar-refractivity contribution in [3.63, 3.8) is 0 Å². The van der Waals surface area contributed by atoms with Crippen molar-refractivity contribution in [1.82, 2.24) is 5.32 Å². The Morgan fingerprint density at radius 3 is 2.11 bits per heavy atom. The lowest BCUT2D eigenvalue weighted by atomic mass is 10.00. The first-order valence-corrected chi connectivity index (χ1v) is 9.31. The van der Waals surface area contributed by atoms with Crippen LogP contribution in [0, 0.1) is 0 Å². The minimum absolute atomic E-state index is 0.0123. The van der Waals surface area contributed by atoms with Crippen LogP contribution in [0.15, 0.2) is 54.6 Å². The summed E-state index contributed by atoms with van der Waals surface area (Å²) in [5.41, 5.74) is 2.06. The van der Waals surface area contributed by atoms with E-state index in [1.807, 2.05) is 36.4 Å². The van der Waals surface area contributed by atoms with Gasteiger partial charge in [-0.1, -0.05) is 55.5 Å². The van der Waals surface area contributed by atoms with Crippen molar-refractivity contribution in [2.45, 2.75) is 46.2 Å². The molecule has 1 N–H and O–H groups in total. The predicted molar refractivity (Wildman–Crippen MR) is 107 cm³/mol. The van der Waals surface area contributed by atoms with Crippen LogP contribution in [0.1, 0.15) is 57.3 Å². The smallest absolute Gasteiger partial charge is 0.489 e. The number of carbonyl (C=O) groups is 2. The van der Waals surface area contributed by atoms with E-state index in [1.165, 1.54) is 19.4 Å². The van der Waals surface area contributed by atoms with E-state index in [-0.39, 0.29) is 12.1 Å². The zero-order valence-corrected chi connectivity index (χ0v) is 16.7. The molecule has 2 atom stereocenters. The lowest BCUT2D eigenvalue weighted by molar-refractivity contribution is -0.139. The van der Waals surface area contributed by atoms with Gasteiger partial charge >= 0.3 is 7.32 Å². The molecule has 0 saturated heterocycles. The molecule has 2 aromatic rings. The van der Waals surface area contributed by atoms with Crippen LogP contribution < -0.4 is 9.97 Å². The van der Waals surface area contributed by atoms with Crippen molar-refractivity contribution in [2.24, 2.45) is 0 Å². The second-order valence-electron chi connectivity index (χ2n) is 6.42. The summed E-state index contributed by atoms with van der Waals surface area (Å²) in [6.07, 6.45) is 0.809. The molecule has 0 radical (unpaired) electrons. The van der Waals surface area contributed by atoms with Crippen molar-refractivity contribution in [1.29, 1.82) is 0 Å². The maximum absolute atomic E-state index is 11.3. The van der Waals surface area contributed by atoms with E-state index in [9.17, 15) is 9.59 Å². The first-order chi connectivity index (χ1) is 13.4. The van der Waals surface area contributed by atoms with Crippen molar-refractivity contribution in [2.75, 3.05) is 0 Å². The minimum atomic E-state index is -1.43. The predicted octanol–water partition coefficient (Wildman–Crippen LogP) is 3.98. The third kappa shape index (κ3) is 6.42. The zero-order chi connectivity index (χ0) is 20.5. The second-order valence-corrected chi connectivity index (χ2v) is 6.42. The van der Waals surface area contributed by atoms with Gasteiger partial charge in [-0.05, 0) is 25.0 Å². The van der Waals surface area contributed by atoms with E-state index in [4.69, 9.17) is 14.0 Å². The molecule has 2 aromatic carbocycles. The molecule has 0 amide bonds. The molecule has 148 valence electrons. The fraction of sp³-hybridized carbons (Fsp3) is 0.333. The van der Waals surface area contributed by atoms with Crippen LogP contribution in [0.25, 0.3) is 0 Å². The number of hydrogen-bond acceptors (Lipinski definition) is 6. The van der Waals surface area contributed by atoms with Gasteiger partial charge in [-0.2, -0.15) is 0 Å². The van der Waals surface area contributed by atoms with Crippen molar-refractivity contribution >= 4 is 19.3 Å². The van der Waals surface area contributed by atoms with Crippen LogP contribution in [0.3, 0.4) is 0 Å². The first-order valence-electron chi connectivity index (χ1n) is 9.31. The van der Waals surface area contributed by atoms with Crippen LogP contribution in [0.5, 0.6) is 5.75 Å². The Morgan fingerprint density at radius 2 is 1.54 bits per heavy atom. The molecule has 0 bridgehead atoms. The van der Waals surface area contributed by atoms with Gasteiger partial charge in [0, 0.05) is 31.5 Å². The van der Waals surface area contributed by atoms with E-state index in [2.05, 4.69) is 31.3 Å². The third-order valence-electron chi connectivity index (χ3n) is 4.20. The first kappa shape index (κ1) is 21.5. The molecule has 0 aliphatic rings. The summed E-state index contributed by atoms with van der Waals surface area (Å²) >= 11 is 0. The van der Waals surface area contributed by atoms with Gasteiger partial charge in [0.15, 0.2) is 0 Å². The quantitative estimate of drug-likeness (QED) is 0.661. The van der Waals surface area contributed by atoms with E-state index >= 15 is 0 Å². The normalized spacial score (nSPS) is 12.6. The summed E-state index contributed by atoms with van der Waals surface area (Å²) in [6.45, 7) is 6.62. The van der Waals surface area contributed by atoms with Gasteiger partial charge in [0.05, 0.1) is 0 Å². The molecule has 0 spiro atoms. The number of nitrogens with one attached hydrogen (secondary N) is 1. The molecule has 0 fully saturated rings. The topological polar surface area (TPSA) is 73.9 Å². The van der Waals surface area contributed by atoms with E-state index < -0.39 is 19.3 Å². The maximum Gasteiger partial charge on any atom is 0.868 e. The lowest BCUT2D eigenvalue weighted by Gasteiger charge is -2.25. The summed E-state index contributed by atoms with van der Waals surface area (Å²) in [5.74, 6) is -0.729. The van der Waals surface area contributed by atoms with Crippen LogP contribution >= 0.6 is 0 Å². The minimum Gasteiger partial charge on any atom is -0.489 e. The Bertz CT molecular complexity index is 767. The van der Waals surface area contributed by atoms with Crippen LogP contribution in [-0.2, 0) is 18.9 Å². The van der Waals surface area contributed by atoms with E-state index in [0.717, 1.165) is 12.0 Å². The van der Waals surface area contributed by atoms with E-state index in [0.29, 0.717) is 5.75 Å². The molecule has 28 heavy (non-hydrogen) atoms. The summed E-state index contributed by atoms with van der Waals surface area (Å²) in [4.78, 5) is 22.6. The Kier molecular flexibility index (Phi) is 8.08. The molecule has 0 saturated carbocycles. The molecule has 6 nitrogen and oxygen atoms in total. The van der Waals surface area contributed by atoms with Gasteiger partial charge in [-0.15, -0.1) is 0 Å². The molecular weight excluding hydrogens is 357 g/mol. The molecular formula is C21H26BNO5. The number of carbonyl (C=O) groups excluding carboxylic acids is 2. The number of rotatable bonds is 9. The highest BCUT2D eigenvalue weighted by atomic mass is 16.8. The van der Waals surface area contributed by atoms with Crippen LogP contribution in [0.4, 0.5) is 0 Å². The highest BCUT2D eigenvalue weighted by molar-refractivity contribution is 6.42. The van der Waals surface area contributed by atoms with Gasteiger partial charge in [-0.3, -0.25) is 9.59 Å². The Morgan fingerprint density at radius 1 is 0.964 bits per heavy atom. The molecule has 0 aliphatic carbocycles. The lowest BCUT2D eigenvalue weighted by Crippen LogP contribution is -2.35. The van der Waals surface area contributed by atoms with Gasteiger partial charge in [0.1, 0.15) is 5.75 Å². The summed E-state index contributed by atoms with van der Waals surface area (Å²) in [6, 6.07) is 17.7.